The van der Waals surface area contributed by atoms with Crippen molar-refractivity contribution in [3.63, 3.8) is 0 Å². The van der Waals surface area contributed by atoms with Crippen molar-refractivity contribution in [2.45, 2.75) is 32.7 Å². The summed E-state index contributed by atoms with van der Waals surface area (Å²) in [5.41, 5.74) is 0.995. The summed E-state index contributed by atoms with van der Waals surface area (Å²) in [5, 5.41) is 8.79. The van der Waals surface area contributed by atoms with E-state index in [2.05, 4.69) is 18.0 Å². The fourth-order valence-corrected chi connectivity index (χ4v) is 2.54. The molecule has 0 aromatic carbocycles. The number of hydrogen-bond acceptors (Lipinski definition) is 3. The van der Waals surface area contributed by atoms with Crippen LogP contribution >= 0.6 is 0 Å². The summed E-state index contributed by atoms with van der Waals surface area (Å²) >= 11 is 0. The molecule has 5 nitrogen and oxygen atoms in total. The lowest BCUT2D eigenvalue weighted by Crippen LogP contribution is -2.46. The highest BCUT2D eigenvalue weighted by Gasteiger charge is 2.24. The number of rotatable bonds is 4. The van der Waals surface area contributed by atoms with Crippen molar-refractivity contribution in [2.24, 2.45) is 5.92 Å². The van der Waals surface area contributed by atoms with E-state index < -0.39 is 0 Å². The van der Waals surface area contributed by atoms with Crippen LogP contribution in [0.5, 0.6) is 0 Å². The van der Waals surface area contributed by atoms with Gasteiger partial charge >= 0.3 is 6.03 Å². The van der Waals surface area contributed by atoms with Crippen LogP contribution in [0.15, 0.2) is 24.5 Å². The molecule has 0 atom stereocenters. The lowest BCUT2D eigenvalue weighted by Gasteiger charge is -2.34. The first kappa shape index (κ1) is 15.3. The molecule has 0 N–H and O–H groups in total. The second kappa shape index (κ2) is 7.63. The average Bonchev–Trinajstić information content (AvgIpc) is 2.52. The Bertz CT molecular complexity index is 489. The quantitative estimate of drug-likeness (QED) is 0.855. The van der Waals surface area contributed by atoms with Crippen LogP contribution in [0.3, 0.4) is 0 Å². The first-order valence-electron chi connectivity index (χ1n) is 7.50. The third-order valence-corrected chi connectivity index (χ3v) is 3.91. The number of amides is 2. The van der Waals surface area contributed by atoms with Gasteiger partial charge in [-0.1, -0.05) is 13.0 Å². The minimum absolute atomic E-state index is 0.0426. The van der Waals surface area contributed by atoms with Gasteiger partial charge < -0.3 is 9.80 Å². The molecule has 2 rings (SSSR count). The van der Waals surface area contributed by atoms with Crippen LogP contribution in [0.2, 0.25) is 0 Å². The largest absolute Gasteiger partial charge is 0.325 e. The Morgan fingerprint density at radius 1 is 1.52 bits per heavy atom. The highest BCUT2D eigenvalue weighted by Crippen LogP contribution is 2.18. The predicted octanol–water partition coefficient (Wildman–Crippen LogP) is 2.65. The molecule has 1 aliphatic rings. The van der Waals surface area contributed by atoms with Gasteiger partial charge in [0.25, 0.3) is 0 Å². The van der Waals surface area contributed by atoms with Gasteiger partial charge in [0.15, 0.2) is 0 Å². The molecule has 1 aromatic heterocycles. The molecule has 0 spiro atoms. The molecule has 112 valence electrons. The van der Waals surface area contributed by atoms with Crippen LogP contribution in [0.1, 0.15) is 31.7 Å². The molecular weight excluding hydrogens is 264 g/mol. The SMILES string of the molecule is CC1CCN(C(=O)N(CCC#N)Cc2cccnc2)CC1. The molecule has 2 heterocycles. The third kappa shape index (κ3) is 4.45. The Morgan fingerprint density at radius 3 is 2.90 bits per heavy atom. The summed E-state index contributed by atoms with van der Waals surface area (Å²) in [6.07, 6.45) is 5.97. The highest BCUT2D eigenvalue weighted by atomic mass is 16.2. The third-order valence-electron chi connectivity index (χ3n) is 3.91. The molecule has 1 aliphatic heterocycles. The maximum absolute atomic E-state index is 12.6. The first-order valence-corrected chi connectivity index (χ1v) is 7.50. The fraction of sp³-hybridized carbons (Fsp3) is 0.562. The molecule has 0 bridgehead atoms. The van der Waals surface area contributed by atoms with E-state index in [9.17, 15) is 4.79 Å². The number of aromatic nitrogens is 1. The topological polar surface area (TPSA) is 60.2 Å². The summed E-state index contributed by atoms with van der Waals surface area (Å²) in [4.78, 5) is 20.4. The lowest BCUT2D eigenvalue weighted by molar-refractivity contribution is 0.133. The first-order chi connectivity index (χ1) is 10.2. The number of carbonyl (C=O) groups is 1. The Morgan fingerprint density at radius 2 is 2.29 bits per heavy atom. The maximum Gasteiger partial charge on any atom is 0.320 e. The smallest absolute Gasteiger partial charge is 0.320 e. The molecular formula is C16H22N4O. The monoisotopic (exact) mass is 286 g/mol. The minimum atomic E-state index is 0.0426. The number of nitriles is 1. The fourth-order valence-electron chi connectivity index (χ4n) is 2.54. The molecule has 21 heavy (non-hydrogen) atoms. The second-order valence-corrected chi connectivity index (χ2v) is 5.64. The molecule has 0 saturated carbocycles. The van der Waals surface area contributed by atoms with Crippen molar-refractivity contribution in [2.75, 3.05) is 19.6 Å². The van der Waals surface area contributed by atoms with Crippen LogP contribution in [0.25, 0.3) is 0 Å². The Labute approximate surface area is 126 Å². The molecule has 1 fully saturated rings. The van der Waals surface area contributed by atoms with Gasteiger partial charge in [0.05, 0.1) is 12.5 Å². The van der Waals surface area contributed by atoms with Gasteiger partial charge in [-0.25, -0.2) is 4.79 Å². The van der Waals surface area contributed by atoms with Gasteiger partial charge in [-0.3, -0.25) is 4.98 Å². The Balaban J connectivity index is 2.01. The minimum Gasteiger partial charge on any atom is -0.325 e. The lowest BCUT2D eigenvalue weighted by atomic mass is 9.99. The predicted molar refractivity (Wildman–Crippen MR) is 80.2 cm³/mol. The number of piperidine rings is 1. The van der Waals surface area contributed by atoms with Gasteiger partial charge in [-0.2, -0.15) is 5.26 Å². The molecule has 0 aliphatic carbocycles. The number of urea groups is 1. The molecule has 2 amide bonds. The van der Waals surface area contributed by atoms with E-state index in [1.165, 1.54) is 0 Å². The molecule has 0 radical (unpaired) electrons. The summed E-state index contributed by atoms with van der Waals surface area (Å²) < 4.78 is 0. The highest BCUT2D eigenvalue weighted by molar-refractivity contribution is 5.74. The van der Waals surface area contributed by atoms with E-state index in [4.69, 9.17) is 5.26 Å². The van der Waals surface area contributed by atoms with Gasteiger partial charge in [-0.05, 0) is 30.4 Å². The van der Waals surface area contributed by atoms with Crippen molar-refractivity contribution in [3.05, 3.63) is 30.1 Å². The van der Waals surface area contributed by atoms with Crippen molar-refractivity contribution in [1.82, 2.24) is 14.8 Å². The van der Waals surface area contributed by atoms with E-state index in [0.717, 1.165) is 31.5 Å². The zero-order valence-electron chi connectivity index (χ0n) is 12.5. The van der Waals surface area contributed by atoms with E-state index in [-0.39, 0.29) is 6.03 Å². The zero-order chi connectivity index (χ0) is 15.1. The van der Waals surface area contributed by atoms with Crippen LogP contribution in [-0.2, 0) is 6.54 Å². The van der Waals surface area contributed by atoms with Crippen molar-refractivity contribution in [1.29, 1.82) is 5.26 Å². The van der Waals surface area contributed by atoms with Gasteiger partial charge in [0.2, 0.25) is 0 Å². The van der Waals surface area contributed by atoms with Crippen LogP contribution in [-0.4, -0.2) is 40.4 Å². The van der Waals surface area contributed by atoms with Gasteiger partial charge in [0, 0.05) is 38.6 Å². The Kier molecular flexibility index (Phi) is 5.56. The summed E-state index contributed by atoms with van der Waals surface area (Å²) in [7, 11) is 0. The maximum atomic E-state index is 12.6. The number of hydrogen-bond donors (Lipinski definition) is 0. The van der Waals surface area contributed by atoms with Gasteiger partial charge in [0.1, 0.15) is 0 Å². The summed E-state index contributed by atoms with van der Waals surface area (Å²) in [5.74, 6) is 0.694. The van der Waals surface area contributed by atoms with Crippen molar-refractivity contribution in [3.8, 4) is 6.07 Å². The zero-order valence-corrected chi connectivity index (χ0v) is 12.5. The van der Waals surface area contributed by atoms with Gasteiger partial charge in [-0.15, -0.1) is 0 Å². The number of nitrogens with zero attached hydrogens (tertiary/aromatic N) is 4. The average molecular weight is 286 g/mol. The van der Waals surface area contributed by atoms with Crippen molar-refractivity contribution >= 4 is 6.03 Å². The molecule has 1 aromatic rings. The molecule has 1 saturated heterocycles. The van der Waals surface area contributed by atoms with Crippen molar-refractivity contribution < 1.29 is 4.79 Å². The normalized spacial score (nSPS) is 15.5. The standard InChI is InChI=1S/C16H22N4O/c1-14-5-10-19(11-6-14)16(21)20(9-3-7-17)13-15-4-2-8-18-12-15/h2,4,8,12,14H,3,5-6,9-11,13H2,1H3. The number of likely N-dealkylation sites (tertiary alicyclic amines) is 1. The van der Waals surface area contributed by atoms with Crippen LogP contribution in [0.4, 0.5) is 4.79 Å². The summed E-state index contributed by atoms with van der Waals surface area (Å²) in [6, 6.07) is 5.99. The van der Waals surface area contributed by atoms with E-state index in [0.29, 0.717) is 25.4 Å². The molecule has 0 unspecified atom stereocenters. The number of pyridine rings is 1. The van der Waals surface area contributed by atoms with E-state index in [1.807, 2.05) is 17.0 Å². The Hall–Kier alpha value is -2.09. The van der Waals surface area contributed by atoms with Crippen LogP contribution in [0, 0.1) is 17.2 Å². The van der Waals surface area contributed by atoms with E-state index >= 15 is 0 Å². The number of carbonyl (C=O) groups excluding carboxylic acids is 1. The van der Waals surface area contributed by atoms with Crippen LogP contribution < -0.4 is 0 Å². The molecule has 5 heteroatoms. The van der Waals surface area contributed by atoms with E-state index in [1.54, 1.807) is 17.3 Å². The second-order valence-electron chi connectivity index (χ2n) is 5.64. The summed E-state index contributed by atoms with van der Waals surface area (Å²) in [6.45, 7) is 4.84.